The van der Waals surface area contributed by atoms with Crippen LogP contribution in [0.15, 0.2) is 18.2 Å². The van der Waals surface area contributed by atoms with E-state index in [-0.39, 0.29) is 5.69 Å². The number of benzene rings is 1. The van der Waals surface area contributed by atoms with Crippen molar-refractivity contribution in [1.29, 1.82) is 0 Å². The van der Waals surface area contributed by atoms with Crippen molar-refractivity contribution in [3.8, 4) is 0 Å². The van der Waals surface area contributed by atoms with Gasteiger partial charge in [-0.05, 0) is 12.1 Å². The van der Waals surface area contributed by atoms with Gasteiger partial charge in [-0.3, -0.25) is 0 Å². The number of hydrogen-bond acceptors (Lipinski definition) is 1. The fourth-order valence-electron chi connectivity index (χ4n) is 0.801. The van der Waals surface area contributed by atoms with Crippen molar-refractivity contribution in [2.45, 2.75) is 6.43 Å². The van der Waals surface area contributed by atoms with Crippen molar-refractivity contribution in [1.82, 2.24) is 0 Å². The maximum atomic E-state index is 12.5. The zero-order valence-corrected chi connectivity index (χ0v) is 6.53. The molecule has 0 unspecified atom stereocenters. The summed E-state index contributed by atoms with van der Waals surface area (Å²) in [4.78, 5) is 0. The summed E-state index contributed by atoms with van der Waals surface area (Å²) >= 11 is 0. The third kappa shape index (κ3) is 2.93. The second-order valence-electron chi connectivity index (χ2n) is 2.40. The maximum Gasteiger partial charge on any atom is 0.255 e. The molecule has 5 heteroatoms. The topological polar surface area (TPSA) is 12.0 Å². The number of hydrogen-bond donors (Lipinski definition) is 1. The Balaban J connectivity index is 2.63. The van der Waals surface area contributed by atoms with Crippen molar-refractivity contribution in [2.24, 2.45) is 0 Å². The molecule has 0 saturated heterocycles. The van der Waals surface area contributed by atoms with Crippen molar-refractivity contribution >= 4 is 5.69 Å². The molecule has 0 saturated carbocycles. The molecule has 0 heterocycles. The highest BCUT2D eigenvalue weighted by atomic mass is 19.3. The predicted molar refractivity (Wildman–Crippen MR) is 40.9 cm³/mol. The van der Waals surface area contributed by atoms with Crippen LogP contribution >= 0.6 is 0 Å². The number of alkyl halides is 2. The average molecular weight is 193 g/mol. The van der Waals surface area contributed by atoms with Crippen LogP contribution in [0.4, 0.5) is 23.2 Å². The van der Waals surface area contributed by atoms with Crippen LogP contribution in [0.1, 0.15) is 0 Å². The number of nitrogens with one attached hydrogen (secondary N) is 1. The Morgan fingerprint density at radius 2 is 1.85 bits per heavy atom. The molecule has 0 radical (unpaired) electrons. The number of anilines is 1. The lowest BCUT2D eigenvalue weighted by molar-refractivity contribution is 0.163. The molecule has 1 aromatic carbocycles. The van der Waals surface area contributed by atoms with E-state index in [9.17, 15) is 17.6 Å². The van der Waals surface area contributed by atoms with Gasteiger partial charge in [-0.15, -0.1) is 0 Å². The van der Waals surface area contributed by atoms with Crippen molar-refractivity contribution in [3.63, 3.8) is 0 Å². The van der Waals surface area contributed by atoms with E-state index < -0.39 is 24.6 Å². The standard InChI is InChI=1S/C8H7F4N/c9-6-2-1-5(3-7(6)10)13-4-8(11)12/h1-3,8,13H,4H2. The van der Waals surface area contributed by atoms with E-state index in [4.69, 9.17) is 0 Å². The smallest absolute Gasteiger partial charge is 0.255 e. The molecular formula is C8H7F4N. The monoisotopic (exact) mass is 193 g/mol. The largest absolute Gasteiger partial charge is 0.379 e. The van der Waals surface area contributed by atoms with Crippen LogP contribution in [-0.4, -0.2) is 13.0 Å². The number of halogens is 4. The number of rotatable bonds is 3. The van der Waals surface area contributed by atoms with E-state index in [0.717, 1.165) is 12.1 Å². The van der Waals surface area contributed by atoms with Crippen LogP contribution in [0.3, 0.4) is 0 Å². The molecule has 72 valence electrons. The molecule has 0 atom stereocenters. The molecule has 0 fully saturated rings. The second-order valence-corrected chi connectivity index (χ2v) is 2.40. The summed E-state index contributed by atoms with van der Waals surface area (Å²) in [5, 5.41) is 2.26. The van der Waals surface area contributed by atoms with Crippen LogP contribution < -0.4 is 5.32 Å². The van der Waals surface area contributed by atoms with Gasteiger partial charge in [0.25, 0.3) is 6.43 Å². The first-order valence-electron chi connectivity index (χ1n) is 3.56. The second kappa shape index (κ2) is 4.11. The SMILES string of the molecule is Fc1ccc(NCC(F)F)cc1F. The molecule has 0 aliphatic carbocycles. The van der Waals surface area contributed by atoms with Gasteiger partial charge in [0, 0.05) is 11.8 Å². The zero-order chi connectivity index (χ0) is 9.84. The molecule has 0 amide bonds. The third-order valence-corrected chi connectivity index (χ3v) is 1.38. The Hall–Kier alpha value is -1.26. The minimum absolute atomic E-state index is 0.138. The van der Waals surface area contributed by atoms with Crippen LogP contribution in [0, 0.1) is 11.6 Å². The summed E-state index contributed by atoms with van der Waals surface area (Å²) in [6.45, 7) is -0.578. The van der Waals surface area contributed by atoms with Gasteiger partial charge in [0.2, 0.25) is 0 Å². The summed E-state index contributed by atoms with van der Waals surface area (Å²) in [6, 6.07) is 2.90. The van der Waals surface area contributed by atoms with Gasteiger partial charge in [-0.2, -0.15) is 0 Å². The normalized spacial score (nSPS) is 10.5. The van der Waals surface area contributed by atoms with E-state index >= 15 is 0 Å². The van der Waals surface area contributed by atoms with E-state index in [0.29, 0.717) is 0 Å². The Labute approximate surface area is 72.4 Å². The Bertz CT molecular complexity index is 287. The summed E-state index contributed by atoms with van der Waals surface area (Å²) in [7, 11) is 0. The molecule has 1 N–H and O–H groups in total. The van der Waals surface area contributed by atoms with Crippen LogP contribution in [0.2, 0.25) is 0 Å². The van der Waals surface area contributed by atoms with Crippen molar-refractivity contribution in [2.75, 3.05) is 11.9 Å². The fourth-order valence-corrected chi connectivity index (χ4v) is 0.801. The summed E-state index contributed by atoms with van der Waals surface area (Å²) in [5.74, 6) is -2.05. The van der Waals surface area contributed by atoms with Gasteiger partial charge in [0.15, 0.2) is 11.6 Å². The highest BCUT2D eigenvalue weighted by molar-refractivity contribution is 5.43. The Kier molecular flexibility index (Phi) is 3.11. The first-order valence-corrected chi connectivity index (χ1v) is 3.56. The zero-order valence-electron chi connectivity index (χ0n) is 6.53. The molecule has 0 aliphatic heterocycles. The lowest BCUT2D eigenvalue weighted by Gasteiger charge is -2.05. The summed E-state index contributed by atoms with van der Waals surface area (Å²) < 4.78 is 48.2. The molecule has 1 aromatic rings. The van der Waals surface area contributed by atoms with Gasteiger partial charge >= 0.3 is 0 Å². The lowest BCUT2D eigenvalue weighted by atomic mass is 10.3. The highest BCUT2D eigenvalue weighted by Gasteiger charge is 2.04. The molecule has 0 spiro atoms. The van der Waals surface area contributed by atoms with Gasteiger partial charge in [-0.1, -0.05) is 0 Å². The van der Waals surface area contributed by atoms with Gasteiger partial charge in [0.1, 0.15) is 0 Å². The minimum atomic E-state index is -2.52. The first kappa shape index (κ1) is 9.83. The van der Waals surface area contributed by atoms with Crippen molar-refractivity contribution in [3.05, 3.63) is 29.8 Å². The van der Waals surface area contributed by atoms with Gasteiger partial charge in [0.05, 0.1) is 6.54 Å². The molecule has 0 bridgehead atoms. The quantitative estimate of drug-likeness (QED) is 0.727. The Morgan fingerprint density at radius 1 is 1.15 bits per heavy atom. The molecule has 1 rings (SSSR count). The van der Waals surface area contributed by atoms with Crippen LogP contribution in [0.25, 0.3) is 0 Å². The Morgan fingerprint density at radius 3 is 2.38 bits per heavy atom. The first-order chi connectivity index (χ1) is 6.09. The van der Waals surface area contributed by atoms with E-state index in [1.807, 2.05) is 0 Å². The van der Waals surface area contributed by atoms with E-state index in [2.05, 4.69) is 5.32 Å². The molecule has 0 aromatic heterocycles. The van der Waals surface area contributed by atoms with Crippen LogP contribution in [-0.2, 0) is 0 Å². The molecular weight excluding hydrogens is 186 g/mol. The molecule has 0 aliphatic rings. The van der Waals surface area contributed by atoms with Gasteiger partial charge in [-0.25, -0.2) is 17.6 Å². The molecule has 1 nitrogen and oxygen atoms in total. The highest BCUT2D eigenvalue weighted by Crippen LogP contribution is 2.13. The fraction of sp³-hybridized carbons (Fsp3) is 0.250. The lowest BCUT2D eigenvalue weighted by Crippen LogP contribution is -2.10. The van der Waals surface area contributed by atoms with E-state index in [1.165, 1.54) is 6.07 Å². The third-order valence-electron chi connectivity index (χ3n) is 1.38. The van der Waals surface area contributed by atoms with Crippen LogP contribution in [0.5, 0.6) is 0 Å². The molecule has 13 heavy (non-hydrogen) atoms. The van der Waals surface area contributed by atoms with Crippen molar-refractivity contribution < 1.29 is 17.6 Å². The van der Waals surface area contributed by atoms with E-state index in [1.54, 1.807) is 0 Å². The minimum Gasteiger partial charge on any atom is -0.379 e. The summed E-state index contributed by atoms with van der Waals surface area (Å²) in [5.41, 5.74) is 0.138. The maximum absolute atomic E-state index is 12.5. The van der Waals surface area contributed by atoms with Gasteiger partial charge < -0.3 is 5.32 Å². The summed E-state index contributed by atoms with van der Waals surface area (Å²) in [6.07, 6.45) is -2.52. The average Bonchev–Trinajstić information content (AvgIpc) is 2.07. The predicted octanol–water partition coefficient (Wildman–Crippen LogP) is 2.64.